The Labute approximate surface area is 91.9 Å². The van der Waals surface area contributed by atoms with E-state index < -0.39 is 0 Å². The second-order valence-corrected chi connectivity index (χ2v) is 4.39. The molecule has 0 saturated heterocycles. The Bertz CT molecular complexity index is 316. The van der Waals surface area contributed by atoms with E-state index in [1.165, 1.54) is 31.4 Å². The van der Waals surface area contributed by atoms with Crippen LogP contribution in [0.4, 0.5) is 5.69 Å². The highest BCUT2D eigenvalue weighted by molar-refractivity contribution is 5.57. The molecule has 2 rings (SSSR count). The fraction of sp³-hybridized carbons (Fsp3) is 0.538. The topological polar surface area (TPSA) is 12.5 Å². The zero-order valence-electron chi connectivity index (χ0n) is 9.57. The van der Waals surface area contributed by atoms with Gasteiger partial charge in [0.1, 0.15) is 5.75 Å². The molecule has 0 atom stereocenters. The van der Waals surface area contributed by atoms with Crippen molar-refractivity contribution in [1.82, 2.24) is 0 Å². The first-order valence-corrected chi connectivity index (χ1v) is 5.70. The zero-order valence-corrected chi connectivity index (χ0v) is 9.57. The van der Waals surface area contributed by atoms with E-state index in [0.29, 0.717) is 6.10 Å². The molecule has 0 radical (unpaired) electrons. The second kappa shape index (κ2) is 4.56. The molecule has 0 heterocycles. The number of anilines is 1. The molecule has 82 valence electrons. The van der Waals surface area contributed by atoms with Crippen LogP contribution in [0.25, 0.3) is 0 Å². The second-order valence-electron chi connectivity index (χ2n) is 4.39. The van der Waals surface area contributed by atoms with Gasteiger partial charge in [0.15, 0.2) is 0 Å². The number of nitrogens with zero attached hydrogens (tertiary/aromatic N) is 1. The van der Waals surface area contributed by atoms with E-state index in [1.54, 1.807) is 0 Å². The Hall–Kier alpha value is -1.18. The van der Waals surface area contributed by atoms with Gasteiger partial charge >= 0.3 is 0 Å². The highest BCUT2D eigenvalue weighted by Gasteiger charge is 2.17. The van der Waals surface area contributed by atoms with E-state index in [0.717, 1.165) is 5.75 Å². The van der Waals surface area contributed by atoms with Crippen LogP contribution in [-0.2, 0) is 0 Å². The molecule has 2 heteroatoms. The number of hydrogen-bond donors (Lipinski definition) is 0. The average molecular weight is 205 g/mol. The molecule has 1 aliphatic rings. The number of para-hydroxylation sites is 2. The molecule has 0 amide bonds. The van der Waals surface area contributed by atoms with Crippen LogP contribution in [0.2, 0.25) is 0 Å². The van der Waals surface area contributed by atoms with Crippen molar-refractivity contribution in [3.05, 3.63) is 24.3 Å². The first-order valence-electron chi connectivity index (χ1n) is 5.70. The van der Waals surface area contributed by atoms with Gasteiger partial charge in [-0.3, -0.25) is 0 Å². The van der Waals surface area contributed by atoms with E-state index >= 15 is 0 Å². The minimum atomic E-state index is 0.436. The van der Waals surface area contributed by atoms with Gasteiger partial charge in [-0.1, -0.05) is 12.1 Å². The standard InChI is InChI=1S/C13H19NO/c1-14(2)12-9-5-6-10-13(12)15-11-7-3-4-8-11/h5-6,9-11H,3-4,7-8H2,1-2H3. The molecule has 1 aromatic carbocycles. The van der Waals surface area contributed by atoms with Gasteiger partial charge in [-0.2, -0.15) is 0 Å². The summed E-state index contributed by atoms with van der Waals surface area (Å²) in [7, 11) is 4.10. The molecule has 15 heavy (non-hydrogen) atoms. The Morgan fingerprint density at radius 1 is 1.13 bits per heavy atom. The van der Waals surface area contributed by atoms with E-state index in [9.17, 15) is 0 Å². The summed E-state index contributed by atoms with van der Waals surface area (Å²) in [5, 5.41) is 0. The predicted octanol–water partition coefficient (Wildman–Crippen LogP) is 3.07. The first kappa shape index (κ1) is 10.3. The Balaban J connectivity index is 2.12. The van der Waals surface area contributed by atoms with Crippen molar-refractivity contribution in [2.75, 3.05) is 19.0 Å². The van der Waals surface area contributed by atoms with E-state index in [-0.39, 0.29) is 0 Å². The van der Waals surface area contributed by atoms with Crippen LogP contribution in [-0.4, -0.2) is 20.2 Å². The third-order valence-corrected chi connectivity index (χ3v) is 2.94. The van der Waals surface area contributed by atoms with Crippen LogP contribution in [0.1, 0.15) is 25.7 Å². The Morgan fingerprint density at radius 2 is 1.80 bits per heavy atom. The molecule has 0 bridgehead atoms. The molecular weight excluding hydrogens is 186 g/mol. The molecule has 0 aliphatic heterocycles. The summed E-state index contributed by atoms with van der Waals surface area (Å²) in [5.74, 6) is 1.02. The lowest BCUT2D eigenvalue weighted by molar-refractivity contribution is 0.210. The van der Waals surface area contributed by atoms with Gasteiger partial charge < -0.3 is 9.64 Å². The predicted molar refractivity (Wildman–Crippen MR) is 63.7 cm³/mol. The minimum Gasteiger partial charge on any atom is -0.488 e. The molecule has 0 N–H and O–H groups in total. The van der Waals surface area contributed by atoms with E-state index in [4.69, 9.17) is 4.74 Å². The lowest BCUT2D eigenvalue weighted by Crippen LogP contribution is -2.15. The molecule has 1 fully saturated rings. The number of hydrogen-bond acceptors (Lipinski definition) is 2. The monoisotopic (exact) mass is 205 g/mol. The van der Waals surface area contributed by atoms with Gasteiger partial charge in [-0.15, -0.1) is 0 Å². The van der Waals surface area contributed by atoms with Gasteiger partial charge in [0.05, 0.1) is 11.8 Å². The van der Waals surface area contributed by atoms with Crippen molar-refractivity contribution >= 4 is 5.69 Å². The Morgan fingerprint density at radius 3 is 2.47 bits per heavy atom. The molecular formula is C13H19NO. The third-order valence-electron chi connectivity index (χ3n) is 2.94. The van der Waals surface area contributed by atoms with Crippen LogP contribution in [0.5, 0.6) is 5.75 Å². The van der Waals surface area contributed by atoms with Gasteiger partial charge in [-0.25, -0.2) is 0 Å². The number of ether oxygens (including phenoxy) is 1. The summed E-state index contributed by atoms with van der Waals surface area (Å²) in [6.45, 7) is 0. The molecule has 0 unspecified atom stereocenters. The number of rotatable bonds is 3. The quantitative estimate of drug-likeness (QED) is 0.752. The van der Waals surface area contributed by atoms with Crippen LogP contribution in [0, 0.1) is 0 Å². The highest BCUT2D eigenvalue weighted by Crippen LogP contribution is 2.30. The third kappa shape index (κ3) is 2.44. The van der Waals surface area contributed by atoms with Crippen LogP contribution in [0.15, 0.2) is 24.3 Å². The molecule has 1 aromatic rings. The lowest BCUT2D eigenvalue weighted by atomic mass is 10.2. The van der Waals surface area contributed by atoms with Crippen molar-refractivity contribution in [2.45, 2.75) is 31.8 Å². The normalized spacial score (nSPS) is 16.7. The fourth-order valence-electron chi connectivity index (χ4n) is 2.11. The minimum absolute atomic E-state index is 0.436. The summed E-state index contributed by atoms with van der Waals surface area (Å²) in [6.07, 6.45) is 5.48. The summed E-state index contributed by atoms with van der Waals surface area (Å²) in [6, 6.07) is 8.26. The molecule has 2 nitrogen and oxygen atoms in total. The van der Waals surface area contributed by atoms with Gasteiger partial charge in [0.25, 0.3) is 0 Å². The molecule has 0 aromatic heterocycles. The van der Waals surface area contributed by atoms with Gasteiger partial charge in [-0.05, 0) is 37.8 Å². The average Bonchev–Trinajstić information content (AvgIpc) is 2.71. The Kier molecular flexibility index (Phi) is 3.14. The van der Waals surface area contributed by atoms with Crippen molar-refractivity contribution in [2.24, 2.45) is 0 Å². The highest BCUT2D eigenvalue weighted by atomic mass is 16.5. The van der Waals surface area contributed by atoms with Crippen LogP contribution >= 0.6 is 0 Å². The lowest BCUT2D eigenvalue weighted by Gasteiger charge is -2.20. The number of benzene rings is 1. The fourth-order valence-corrected chi connectivity index (χ4v) is 2.11. The maximum absolute atomic E-state index is 6.03. The molecule has 1 saturated carbocycles. The smallest absolute Gasteiger partial charge is 0.142 e. The maximum atomic E-state index is 6.03. The van der Waals surface area contributed by atoms with Crippen LogP contribution in [0.3, 0.4) is 0 Å². The summed E-state index contributed by atoms with van der Waals surface area (Å²) < 4.78 is 6.03. The largest absolute Gasteiger partial charge is 0.488 e. The van der Waals surface area contributed by atoms with E-state index in [2.05, 4.69) is 37.2 Å². The summed E-state index contributed by atoms with van der Waals surface area (Å²) in [5.41, 5.74) is 1.17. The van der Waals surface area contributed by atoms with E-state index in [1.807, 2.05) is 6.07 Å². The van der Waals surface area contributed by atoms with Gasteiger partial charge in [0.2, 0.25) is 0 Å². The first-order chi connectivity index (χ1) is 7.27. The molecule has 0 spiro atoms. The summed E-state index contributed by atoms with van der Waals surface area (Å²) in [4.78, 5) is 2.10. The van der Waals surface area contributed by atoms with Crippen molar-refractivity contribution in [3.63, 3.8) is 0 Å². The SMILES string of the molecule is CN(C)c1ccccc1OC1CCCC1. The maximum Gasteiger partial charge on any atom is 0.142 e. The summed E-state index contributed by atoms with van der Waals surface area (Å²) >= 11 is 0. The van der Waals surface area contributed by atoms with Crippen molar-refractivity contribution in [1.29, 1.82) is 0 Å². The van der Waals surface area contributed by atoms with Crippen molar-refractivity contribution < 1.29 is 4.74 Å². The van der Waals surface area contributed by atoms with Crippen molar-refractivity contribution in [3.8, 4) is 5.75 Å². The van der Waals surface area contributed by atoms with Crippen LogP contribution < -0.4 is 9.64 Å². The molecule has 1 aliphatic carbocycles. The zero-order chi connectivity index (χ0) is 10.7. The van der Waals surface area contributed by atoms with Gasteiger partial charge in [0, 0.05) is 14.1 Å².